The van der Waals surface area contributed by atoms with Gasteiger partial charge in [-0.3, -0.25) is 4.68 Å². The van der Waals surface area contributed by atoms with Crippen LogP contribution in [0.5, 0.6) is 11.5 Å². The summed E-state index contributed by atoms with van der Waals surface area (Å²) in [4.78, 5) is 4.72. The van der Waals surface area contributed by atoms with Crippen molar-refractivity contribution in [3.05, 3.63) is 131 Å². The molecule has 0 saturated carbocycles. The summed E-state index contributed by atoms with van der Waals surface area (Å²) in [6.45, 7) is 20.7. The first kappa shape index (κ1) is 38.3. The molecule has 5 nitrogen and oxygen atoms in total. The predicted molar refractivity (Wildman–Crippen MR) is 215 cm³/mol. The van der Waals surface area contributed by atoms with Crippen LogP contribution in [-0.2, 0) is 33.9 Å². The van der Waals surface area contributed by atoms with Crippen LogP contribution in [0.25, 0.3) is 44.4 Å². The van der Waals surface area contributed by atoms with Gasteiger partial charge < -0.3 is 9.30 Å². The summed E-state index contributed by atoms with van der Waals surface area (Å²) < 4.78 is 10.6. The summed E-state index contributed by atoms with van der Waals surface area (Å²) >= 11 is 0. The van der Waals surface area contributed by atoms with E-state index in [2.05, 4.69) is 128 Å². The van der Waals surface area contributed by atoms with Crippen molar-refractivity contribution in [3.63, 3.8) is 0 Å². The minimum Gasteiger partial charge on any atom is -0.509 e. The quantitative estimate of drug-likeness (QED) is 0.122. The van der Waals surface area contributed by atoms with Crippen molar-refractivity contribution in [1.82, 2.24) is 19.3 Å². The van der Waals surface area contributed by atoms with Crippen LogP contribution >= 0.6 is 0 Å². The summed E-state index contributed by atoms with van der Waals surface area (Å²) in [5.41, 5.74) is 12.4. The summed E-state index contributed by atoms with van der Waals surface area (Å²) in [5, 5.41) is 7.18. The Morgan fingerprint density at radius 2 is 1.40 bits per heavy atom. The summed E-state index contributed by atoms with van der Waals surface area (Å²) in [5.74, 6) is 4.01. The summed E-state index contributed by atoms with van der Waals surface area (Å²) in [7, 11) is 0. The zero-order valence-electron chi connectivity index (χ0n) is 32.4. The van der Waals surface area contributed by atoms with Crippen LogP contribution in [-0.4, -0.2) is 19.3 Å². The number of aryl methyl sites for hydroxylation is 1. The van der Waals surface area contributed by atoms with E-state index in [4.69, 9.17) is 14.8 Å². The van der Waals surface area contributed by atoms with E-state index >= 15 is 0 Å². The molecule has 0 fully saturated rings. The van der Waals surface area contributed by atoms with E-state index in [1.54, 1.807) is 0 Å². The monoisotopic (exact) mass is 881 g/mol. The molecule has 7 rings (SSSR count). The molecular weight excluding hydrogens is 832 g/mol. The molecule has 7 aromatic rings. The van der Waals surface area contributed by atoms with Gasteiger partial charge in [-0.1, -0.05) is 85.2 Å². The number of ether oxygens (including phenoxy) is 1. The Morgan fingerprint density at radius 1 is 0.717 bits per heavy atom. The molecule has 53 heavy (non-hydrogen) atoms. The molecule has 0 bridgehead atoms. The Hall–Kier alpha value is -4.47. The minimum atomic E-state index is 0. The maximum Gasteiger partial charge on any atom is 2.00 e. The number of para-hydroxylation sites is 1. The molecule has 0 aliphatic heterocycles. The van der Waals surface area contributed by atoms with Crippen LogP contribution in [0, 0.1) is 30.9 Å². The molecule has 0 saturated heterocycles. The van der Waals surface area contributed by atoms with E-state index in [-0.39, 0.29) is 21.1 Å². The number of aromatic nitrogens is 4. The van der Waals surface area contributed by atoms with Crippen molar-refractivity contribution >= 4 is 21.8 Å². The SMILES string of the molecule is Cc1ccnc(-n2c3[c-]c(Oc4[c-]c(-n5cc(-c6c(CC(C)C)c(C(C)C)cc(C(C)C)c6CC(C)C)cn5)ccc4)ccc3c3ccccc32)c1.[Pt+2]. The van der Waals surface area contributed by atoms with Gasteiger partial charge in [-0.25, -0.2) is 4.98 Å². The number of pyridine rings is 1. The van der Waals surface area contributed by atoms with Crippen molar-refractivity contribution < 1.29 is 25.8 Å². The second-order valence-electron chi connectivity index (χ2n) is 15.7. The number of hydrogen-bond acceptors (Lipinski definition) is 3. The molecule has 4 aromatic carbocycles. The van der Waals surface area contributed by atoms with Crippen molar-refractivity contribution in [2.75, 3.05) is 0 Å². The van der Waals surface area contributed by atoms with Crippen LogP contribution in [0.2, 0.25) is 0 Å². The third kappa shape index (κ3) is 7.78. The fourth-order valence-electron chi connectivity index (χ4n) is 7.59. The predicted octanol–water partition coefficient (Wildman–Crippen LogP) is 12.4. The van der Waals surface area contributed by atoms with Crippen molar-refractivity contribution in [3.8, 4) is 34.1 Å². The first-order valence-electron chi connectivity index (χ1n) is 18.8. The van der Waals surface area contributed by atoms with Gasteiger partial charge in [0, 0.05) is 35.0 Å². The van der Waals surface area contributed by atoms with Gasteiger partial charge in [-0.2, -0.15) is 17.2 Å². The minimum absolute atomic E-state index is 0. The number of fused-ring (bicyclic) bond motifs is 3. The Morgan fingerprint density at radius 3 is 2.06 bits per heavy atom. The molecular formula is C47H50N4OPt. The van der Waals surface area contributed by atoms with Crippen LogP contribution in [0.1, 0.15) is 95.0 Å². The van der Waals surface area contributed by atoms with Gasteiger partial charge in [-0.05, 0) is 106 Å². The van der Waals surface area contributed by atoms with E-state index in [0.29, 0.717) is 35.2 Å². The van der Waals surface area contributed by atoms with E-state index < -0.39 is 0 Å². The molecule has 274 valence electrons. The zero-order chi connectivity index (χ0) is 36.7. The largest absolute Gasteiger partial charge is 2.00 e. The molecule has 3 aromatic heterocycles. The molecule has 0 unspecified atom stereocenters. The maximum atomic E-state index is 6.47. The number of rotatable bonds is 11. The maximum absolute atomic E-state index is 6.47. The van der Waals surface area contributed by atoms with Crippen molar-refractivity contribution in [1.29, 1.82) is 0 Å². The number of benzene rings is 4. The van der Waals surface area contributed by atoms with Gasteiger partial charge >= 0.3 is 21.1 Å². The second kappa shape index (κ2) is 15.9. The van der Waals surface area contributed by atoms with E-state index in [0.717, 1.165) is 57.3 Å². The Bertz CT molecular complexity index is 2340. The van der Waals surface area contributed by atoms with Gasteiger partial charge in [0.05, 0.1) is 6.20 Å². The summed E-state index contributed by atoms with van der Waals surface area (Å²) in [6, 6.07) is 32.2. The van der Waals surface area contributed by atoms with Crippen molar-refractivity contribution in [2.24, 2.45) is 11.8 Å². The first-order valence-corrected chi connectivity index (χ1v) is 18.8. The third-order valence-corrected chi connectivity index (χ3v) is 9.86. The fourth-order valence-corrected chi connectivity index (χ4v) is 7.59. The molecule has 0 aliphatic rings. The van der Waals surface area contributed by atoms with Gasteiger partial charge in [0.15, 0.2) is 0 Å². The van der Waals surface area contributed by atoms with Gasteiger partial charge in [-0.15, -0.1) is 35.7 Å². The zero-order valence-corrected chi connectivity index (χ0v) is 34.7. The smallest absolute Gasteiger partial charge is 0.509 e. The molecule has 0 amide bonds. The molecule has 0 spiro atoms. The molecule has 0 N–H and O–H groups in total. The Labute approximate surface area is 329 Å². The van der Waals surface area contributed by atoms with Crippen LogP contribution in [0.15, 0.2) is 91.4 Å². The topological polar surface area (TPSA) is 44.9 Å². The van der Waals surface area contributed by atoms with E-state index in [1.165, 1.54) is 27.8 Å². The average molecular weight is 882 g/mol. The van der Waals surface area contributed by atoms with Crippen LogP contribution in [0.3, 0.4) is 0 Å². The molecule has 0 atom stereocenters. The van der Waals surface area contributed by atoms with Gasteiger partial charge in [0.2, 0.25) is 0 Å². The molecule has 0 radical (unpaired) electrons. The number of hydrogen-bond donors (Lipinski definition) is 0. The molecule has 3 heterocycles. The number of nitrogens with zero attached hydrogens (tertiary/aromatic N) is 4. The van der Waals surface area contributed by atoms with Crippen molar-refractivity contribution in [2.45, 2.75) is 87.0 Å². The average Bonchev–Trinajstić information content (AvgIpc) is 3.71. The third-order valence-electron chi connectivity index (χ3n) is 9.86. The molecule has 6 heteroatoms. The van der Waals surface area contributed by atoms with Gasteiger partial charge in [0.25, 0.3) is 0 Å². The van der Waals surface area contributed by atoms with Crippen LogP contribution < -0.4 is 4.74 Å². The fraction of sp³-hybridized carbons (Fsp3) is 0.319. The Balaban J connectivity index is 0.00000481. The standard InChI is InChI=1S/C47H50N4O.Pt/c1-29(2)21-42-40(31(5)6)26-41(32(7)8)43(22-30(3)4)47(42)34-27-49-50(28-34)35-13-12-14-36(24-35)52-37-17-18-39-38-15-10-11-16-44(38)51(45(39)25-37)46-23-33(9)19-20-48-46;/h10-20,23,26-32H,21-22H2,1-9H3;/q-2;+2. The van der Waals surface area contributed by atoms with Gasteiger partial charge in [0.1, 0.15) is 5.82 Å². The van der Waals surface area contributed by atoms with Crippen LogP contribution in [0.4, 0.5) is 0 Å². The molecule has 0 aliphatic carbocycles. The summed E-state index contributed by atoms with van der Waals surface area (Å²) in [6.07, 6.45) is 8.14. The van der Waals surface area contributed by atoms with E-state index in [1.807, 2.05) is 47.4 Å². The Kier molecular flexibility index (Phi) is 11.5. The first-order chi connectivity index (χ1) is 25.0. The van der Waals surface area contributed by atoms with E-state index in [9.17, 15) is 0 Å². The normalized spacial score (nSPS) is 11.8. The second-order valence-corrected chi connectivity index (χ2v) is 15.7.